The summed E-state index contributed by atoms with van der Waals surface area (Å²) in [5.74, 6) is -0.237. The van der Waals surface area contributed by atoms with Gasteiger partial charge in [0.1, 0.15) is 5.71 Å². The molecular formula is C17H17N3O2. The number of hydrogen-bond donors (Lipinski definition) is 0. The second-order valence-electron chi connectivity index (χ2n) is 5.36. The van der Waals surface area contributed by atoms with Gasteiger partial charge in [-0.2, -0.15) is 5.10 Å². The molecule has 112 valence electrons. The number of hydrogen-bond acceptors (Lipinski definition) is 3. The lowest BCUT2D eigenvalue weighted by atomic mass is 10.1. The summed E-state index contributed by atoms with van der Waals surface area (Å²) in [6.07, 6.45) is 0.715. The highest BCUT2D eigenvalue weighted by molar-refractivity contribution is 6.44. The highest BCUT2D eigenvalue weighted by Gasteiger charge is 2.24. The van der Waals surface area contributed by atoms with Crippen LogP contribution in [-0.4, -0.2) is 36.6 Å². The average Bonchev–Trinajstić information content (AvgIpc) is 2.55. The predicted molar refractivity (Wildman–Crippen MR) is 86.8 cm³/mol. The molecule has 5 nitrogen and oxygen atoms in total. The van der Waals surface area contributed by atoms with Crippen LogP contribution in [0.1, 0.15) is 12.8 Å². The number of fused-ring (bicyclic) bond motifs is 1. The normalized spacial score (nSPS) is 14.9. The van der Waals surface area contributed by atoms with Crippen molar-refractivity contribution in [1.29, 1.82) is 0 Å². The molecule has 0 aromatic heterocycles. The second kappa shape index (κ2) is 5.60. The lowest BCUT2D eigenvalue weighted by Crippen LogP contribution is -2.38. The molecule has 22 heavy (non-hydrogen) atoms. The van der Waals surface area contributed by atoms with Crippen LogP contribution in [0.25, 0.3) is 10.8 Å². The third-order valence-electron chi connectivity index (χ3n) is 3.88. The molecule has 0 fully saturated rings. The van der Waals surface area contributed by atoms with Crippen LogP contribution in [-0.2, 0) is 9.59 Å². The van der Waals surface area contributed by atoms with Crippen molar-refractivity contribution >= 4 is 34.0 Å². The largest absolute Gasteiger partial charge is 0.310 e. The molecule has 0 unspecified atom stereocenters. The Morgan fingerprint density at radius 2 is 1.86 bits per heavy atom. The summed E-state index contributed by atoms with van der Waals surface area (Å²) in [5.41, 5.74) is 1.23. The summed E-state index contributed by atoms with van der Waals surface area (Å²) in [6, 6.07) is 13.9. The third kappa shape index (κ3) is 2.57. The van der Waals surface area contributed by atoms with Crippen LogP contribution < -0.4 is 4.90 Å². The first kappa shape index (κ1) is 14.3. The van der Waals surface area contributed by atoms with Crippen LogP contribution in [0.2, 0.25) is 0 Å². The number of carbonyl (C=O) groups excluding carboxylic acids is 2. The molecule has 0 radical (unpaired) electrons. The van der Waals surface area contributed by atoms with Crippen LogP contribution in [0, 0.1) is 0 Å². The van der Waals surface area contributed by atoms with E-state index in [9.17, 15) is 9.59 Å². The molecule has 0 saturated carbocycles. The van der Waals surface area contributed by atoms with E-state index < -0.39 is 0 Å². The standard InChI is InChI=1S/C17H17N3O2/c1-19(17(22)15-9-10-16(21)20(2)18-15)14-8-7-12-5-3-4-6-13(12)11-14/h3-8,11H,9-10H2,1-2H3. The van der Waals surface area contributed by atoms with Crippen molar-refractivity contribution in [3.63, 3.8) is 0 Å². The number of rotatable bonds is 2. The van der Waals surface area contributed by atoms with Crippen molar-refractivity contribution in [2.45, 2.75) is 12.8 Å². The minimum atomic E-state index is -0.172. The zero-order chi connectivity index (χ0) is 15.7. The van der Waals surface area contributed by atoms with Gasteiger partial charge in [0, 0.05) is 32.6 Å². The maximum absolute atomic E-state index is 12.5. The number of carbonyl (C=O) groups is 2. The Morgan fingerprint density at radius 3 is 2.59 bits per heavy atom. The van der Waals surface area contributed by atoms with Gasteiger partial charge < -0.3 is 4.90 Å². The van der Waals surface area contributed by atoms with E-state index in [0.29, 0.717) is 18.6 Å². The van der Waals surface area contributed by atoms with E-state index in [1.807, 2.05) is 42.5 Å². The lowest BCUT2D eigenvalue weighted by molar-refractivity contribution is -0.130. The van der Waals surface area contributed by atoms with Crippen molar-refractivity contribution in [2.24, 2.45) is 5.10 Å². The van der Waals surface area contributed by atoms with Gasteiger partial charge in [0.25, 0.3) is 5.91 Å². The van der Waals surface area contributed by atoms with Gasteiger partial charge in [-0.15, -0.1) is 0 Å². The van der Waals surface area contributed by atoms with Gasteiger partial charge in [-0.1, -0.05) is 30.3 Å². The van der Waals surface area contributed by atoms with Crippen LogP contribution >= 0.6 is 0 Å². The van der Waals surface area contributed by atoms with Gasteiger partial charge in [0.15, 0.2) is 0 Å². The van der Waals surface area contributed by atoms with E-state index >= 15 is 0 Å². The first-order chi connectivity index (χ1) is 10.6. The monoisotopic (exact) mass is 295 g/mol. The number of nitrogens with zero attached hydrogens (tertiary/aromatic N) is 3. The van der Waals surface area contributed by atoms with Gasteiger partial charge in [-0.3, -0.25) is 9.59 Å². The average molecular weight is 295 g/mol. The summed E-state index contributed by atoms with van der Waals surface area (Å²) in [7, 11) is 3.30. The molecule has 5 heteroatoms. The quantitative estimate of drug-likeness (QED) is 0.854. The smallest absolute Gasteiger partial charge is 0.274 e. The fraction of sp³-hybridized carbons (Fsp3) is 0.235. The molecule has 2 aromatic carbocycles. The van der Waals surface area contributed by atoms with Crippen LogP contribution in [0.4, 0.5) is 5.69 Å². The fourth-order valence-electron chi connectivity index (χ4n) is 2.52. The van der Waals surface area contributed by atoms with E-state index in [2.05, 4.69) is 5.10 Å². The van der Waals surface area contributed by atoms with Crippen molar-refractivity contribution in [3.8, 4) is 0 Å². The summed E-state index contributed by atoms with van der Waals surface area (Å²) in [4.78, 5) is 25.6. The van der Waals surface area contributed by atoms with Gasteiger partial charge >= 0.3 is 0 Å². The first-order valence-corrected chi connectivity index (χ1v) is 7.17. The predicted octanol–water partition coefficient (Wildman–Crippen LogP) is 2.41. The molecule has 0 aliphatic carbocycles. The topological polar surface area (TPSA) is 53.0 Å². The molecule has 1 aliphatic rings. The van der Waals surface area contributed by atoms with Gasteiger partial charge in [0.05, 0.1) is 0 Å². The Bertz CT molecular complexity index is 782. The fourth-order valence-corrected chi connectivity index (χ4v) is 2.52. The number of amides is 2. The van der Waals surface area contributed by atoms with Crippen molar-refractivity contribution < 1.29 is 9.59 Å². The van der Waals surface area contributed by atoms with Crippen LogP contribution in [0.5, 0.6) is 0 Å². The van der Waals surface area contributed by atoms with Crippen LogP contribution in [0.15, 0.2) is 47.6 Å². The minimum absolute atomic E-state index is 0.0649. The second-order valence-corrected chi connectivity index (χ2v) is 5.36. The molecule has 2 aromatic rings. The molecule has 0 spiro atoms. The van der Waals surface area contributed by atoms with E-state index in [0.717, 1.165) is 16.5 Å². The van der Waals surface area contributed by atoms with Crippen molar-refractivity contribution in [2.75, 3.05) is 19.0 Å². The number of benzene rings is 2. The Labute approximate surface area is 128 Å². The Hall–Kier alpha value is -2.69. The van der Waals surface area contributed by atoms with Gasteiger partial charge in [0.2, 0.25) is 5.91 Å². The SMILES string of the molecule is CN1N=C(C(=O)N(C)c2ccc3ccccc3c2)CCC1=O. The van der Waals surface area contributed by atoms with E-state index in [1.54, 1.807) is 19.0 Å². The molecule has 1 aliphatic heterocycles. The molecular weight excluding hydrogens is 278 g/mol. The van der Waals surface area contributed by atoms with E-state index in [-0.39, 0.29) is 11.8 Å². The Balaban J connectivity index is 1.88. The van der Waals surface area contributed by atoms with Crippen molar-refractivity contribution in [3.05, 3.63) is 42.5 Å². The van der Waals surface area contributed by atoms with E-state index in [4.69, 9.17) is 0 Å². The summed E-state index contributed by atoms with van der Waals surface area (Å²) < 4.78 is 0. The molecule has 0 saturated heterocycles. The van der Waals surface area contributed by atoms with Gasteiger partial charge in [-0.25, -0.2) is 5.01 Å². The summed E-state index contributed by atoms with van der Waals surface area (Å²) >= 11 is 0. The molecule has 0 atom stereocenters. The maximum atomic E-state index is 12.5. The van der Waals surface area contributed by atoms with Gasteiger partial charge in [-0.05, 0) is 22.9 Å². The van der Waals surface area contributed by atoms with Crippen molar-refractivity contribution in [1.82, 2.24) is 5.01 Å². The third-order valence-corrected chi connectivity index (χ3v) is 3.88. The molecule has 1 heterocycles. The number of anilines is 1. The first-order valence-electron chi connectivity index (χ1n) is 7.17. The molecule has 0 bridgehead atoms. The summed E-state index contributed by atoms with van der Waals surface area (Å²) in [6.45, 7) is 0. The van der Waals surface area contributed by atoms with Crippen LogP contribution in [0.3, 0.4) is 0 Å². The minimum Gasteiger partial charge on any atom is -0.310 e. The highest BCUT2D eigenvalue weighted by Crippen LogP contribution is 2.22. The Kier molecular flexibility index (Phi) is 3.63. The number of hydrazone groups is 1. The summed E-state index contributed by atoms with van der Waals surface area (Å²) in [5, 5.41) is 7.54. The van der Waals surface area contributed by atoms with E-state index in [1.165, 1.54) is 5.01 Å². The highest BCUT2D eigenvalue weighted by atomic mass is 16.2. The zero-order valence-electron chi connectivity index (χ0n) is 12.6. The maximum Gasteiger partial charge on any atom is 0.274 e. The molecule has 2 amide bonds. The Morgan fingerprint density at radius 1 is 1.14 bits per heavy atom. The zero-order valence-corrected chi connectivity index (χ0v) is 12.6. The lowest BCUT2D eigenvalue weighted by Gasteiger charge is -2.23. The molecule has 0 N–H and O–H groups in total. The molecule has 3 rings (SSSR count).